The summed E-state index contributed by atoms with van der Waals surface area (Å²) in [5.74, 6) is 0.329. The van der Waals surface area contributed by atoms with Crippen molar-refractivity contribution in [2.75, 3.05) is 46.2 Å². The van der Waals surface area contributed by atoms with E-state index < -0.39 is 11.0 Å². The van der Waals surface area contributed by atoms with Crippen LogP contribution < -0.4 is 27.4 Å². The van der Waals surface area contributed by atoms with Crippen LogP contribution >= 0.6 is 0 Å². The predicted molar refractivity (Wildman–Crippen MR) is 119 cm³/mol. The monoisotopic (exact) mass is 480 g/mol. The number of primary amides is 1. The number of rotatable bonds is 10. The van der Waals surface area contributed by atoms with E-state index in [9.17, 15) is 19.7 Å². The summed E-state index contributed by atoms with van der Waals surface area (Å²) in [6.07, 6.45) is -0.284. The zero-order valence-electron chi connectivity index (χ0n) is 19.1. The molecule has 2 amide bonds. The topological polar surface area (TPSA) is 119 Å². The van der Waals surface area contributed by atoms with E-state index in [1.807, 2.05) is 19.0 Å². The molecule has 0 aromatic heterocycles. The highest BCUT2D eigenvalue weighted by molar-refractivity contribution is 5.87. The largest absolute Gasteiger partial charge is 1.00 e. The van der Waals surface area contributed by atoms with Crippen LogP contribution in [-0.2, 0) is 22.6 Å². The van der Waals surface area contributed by atoms with Gasteiger partial charge < -0.3 is 26.8 Å². The van der Waals surface area contributed by atoms with Crippen molar-refractivity contribution < 1.29 is 41.7 Å². The molecule has 180 valence electrons. The van der Waals surface area contributed by atoms with E-state index in [0.717, 1.165) is 12.1 Å². The minimum absolute atomic E-state index is 0. The highest BCUT2D eigenvalue weighted by atomic mass is 35.5. The van der Waals surface area contributed by atoms with Crippen LogP contribution in [0, 0.1) is 10.1 Å². The number of amides is 2. The molecule has 0 saturated heterocycles. The van der Waals surface area contributed by atoms with E-state index >= 15 is 0 Å². The summed E-state index contributed by atoms with van der Waals surface area (Å²) in [5.41, 5.74) is 1.87. The van der Waals surface area contributed by atoms with Gasteiger partial charge in [0.2, 0.25) is 0 Å². The number of nitro groups is 1. The summed E-state index contributed by atoms with van der Waals surface area (Å²) in [5, 5.41) is 12.6. The summed E-state index contributed by atoms with van der Waals surface area (Å²) in [4.78, 5) is 38.2. The molecule has 0 atom stereocenters. The Morgan fingerprint density at radius 3 is 2.33 bits per heavy atom. The van der Waals surface area contributed by atoms with Crippen molar-refractivity contribution in [1.29, 1.82) is 0 Å². The number of quaternary nitrogens is 1. The van der Waals surface area contributed by atoms with Crippen LogP contribution in [0.15, 0.2) is 42.5 Å². The molecule has 10 nitrogen and oxygen atoms in total. The number of carbonyl (C=O) groups is 2. The predicted octanol–water partition coefficient (Wildman–Crippen LogP) is -1.43. The molecule has 33 heavy (non-hydrogen) atoms. The van der Waals surface area contributed by atoms with Gasteiger partial charge in [0, 0.05) is 30.9 Å². The van der Waals surface area contributed by atoms with Gasteiger partial charge in [-0.15, -0.1) is 0 Å². The van der Waals surface area contributed by atoms with Crippen molar-refractivity contribution in [3.8, 4) is 5.75 Å². The van der Waals surface area contributed by atoms with Gasteiger partial charge in [0.15, 0.2) is 0 Å². The number of ether oxygens (including phenoxy) is 2. The van der Waals surface area contributed by atoms with E-state index in [-0.39, 0.29) is 36.4 Å². The number of hydrogen-bond donors (Lipinski definition) is 1. The molecule has 0 aliphatic heterocycles. The molecule has 0 aliphatic rings. The van der Waals surface area contributed by atoms with E-state index in [0.29, 0.717) is 24.2 Å². The SMILES string of the molecule is COc1cc([N+](=O)[O-])ccc1COC(=O)N(C)c1ccc(CC(=O)[NH2+]CCN(C)C)cc1.[Cl-]. The van der Waals surface area contributed by atoms with Crippen LogP contribution in [0.4, 0.5) is 16.2 Å². The number of hydrogen-bond acceptors (Lipinski definition) is 7. The molecule has 0 unspecified atom stereocenters. The number of carbonyl (C=O) groups excluding carboxylic acids is 2. The summed E-state index contributed by atoms with van der Waals surface area (Å²) in [6, 6.07) is 11.2. The second kappa shape index (κ2) is 13.4. The molecule has 11 heteroatoms. The maximum absolute atomic E-state index is 12.4. The average Bonchev–Trinajstić information content (AvgIpc) is 2.76. The first-order valence-electron chi connectivity index (χ1n) is 10.0. The first-order valence-corrected chi connectivity index (χ1v) is 10.0. The third-order valence-electron chi connectivity index (χ3n) is 4.76. The molecule has 2 aromatic rings. The van der Waals surface area contributed by atoms with Gasteiger partial charge in [-0.3, -0.25) is 20.3 Å². The Balaban J connectivity index is 0.00000544. The molecule has 2 N–H and O–H groups in total. The van der Waals surface area contributed by atoms with E-state index in [4.69, 9.17) is 9.47 Å². The molecule has 0 spiro atoms. The first kappa shape index (κ1) is 27.8. The Morgan fingerprint density at radius 2 is 1.76 bits per heavy atom. The van der Waals surface area contributed by atoms with Crippen molar-refractivity contribution >= 4 is 23.4 Å². The Bertz CT molecular complexity index is 952. The minimum atomic E-state index is -0.591. The lowest BCUT2D eigenvalue weighted by Gasteiger charge is -2.18. The van der Waals surface area contributed by atoms with Crippen LogP contribution in [0.3, 0.4) is 0 Å². The smallest absolute Gasteiger partial charge is 0.414 e. The number of nitro benzene ring substituents is 1. The van der Waals surface area contributed by atoms with Crippen LogP contribution in [0.2, 0.25) is 0 Å². The second-order valence-electron chi connectivity index (χ2n) is 7.47. The van der Waals surface area contributed by atoms with Gasteiger partial charge in [0.25, 0.3) is 5.69 Å². The third-order valence-corrected chi connectivity index (χ3v) is 4.76. The fourth-order valence-corrected chi connectivity index (χ4v) is 2.90. The zero-order chi connectivity index (χ0) is 23.7. The van der Waals surface area contributed by atoms with Gasteiger partial charge in [-0.2, -0.15) is 0 Å². The molecule has 0 bridgehead atoms. The Kier molecular flexibility index (Phi) is 11.3. The number of nitrogens with two attached hydrogens (primary N) is 1. The number of nitrogens with zero attached hydrogens (tertiary/aromatic N) is 3. The first-order chi connectivity index (χ1) is 15.2. The molecular weight excluding hydrogens is 452 g/mol. The number of anilines is 1. The van der Waals surface area contributed by atoms with Gasteiger partial charge >= 0.3 is 12.0 Å². The van der Waals surface area contributed by atoms with Gasteiger partial charge in [-0.25, -0.2) is 9.59 Å². The summed E-state index contributed by atoms with van der Waals surface area (Å²) >= 11 is 0. The maximum atomic E-state index is 12.4. The summed E-state index contributed by atoms with van der Waals surface area (Å²) in [6.45, 7) is 1.43. The van der Waals surface area contributed by atoms with Crippen LogP contribution in [0.5, 0.6) is 5.75 Å². The van der Waals surface area contributed by atoms with E-state index in [2.05, 4.69) is 0 Å². The lowest BCUT2D eigenvalue weighted by molar-refractivity contribution is -0.568. The van der Waals surface area contributed by atoms with Gasteiger partial charge in [-0.05, 0) is 37.9 Å². The van der Waals surface area contributed by atoms with Crippen molar-refractivity contribution in [3.63, 3.8) is 0 Å². The Morgan fingerprint density at radius 1 is 1.09 bits per heavy atom. The average molecular weight is 481 g/mol. The fourth-order valence-electron chi connectivity index (χ4n) is 2.90. The van der Waals surface area contributed by atoms with Gasteiger partial charge in [0.1, 0.15) is 12.4 Å². The Hall–Kier alpha value is -3.21. The summed E-state index contributed by atoms with van der Waals surface area (Å²) in [7, 11) is 6.88. The lowest BCUT2D eigenvalue weighted by Crippen LogP contribution is -3.00. The number of benzene rings is 2. The molecule has 0 radical (unpaired) electrons. The van der Waals surface area contributed by atoms with Crippen molar-refractivity contribution in [2.24, 2.45) is 0 Å². The molecule has 0 heterocycles. The van der Waals surface area contributed by atoms with Crippen molar-refractivity contribution in [3.05, 3.63) is 63.7 Å². The molecule has 2 aromatic carbocycles. The maximum Gasteiger partial charge on any atom is 0.414 e. The number of methoxy groups -OCH3 is 1. The van der Waals surface area contributed by atoms with Crippen LogP contribution in [0.1, 0.15) is 11.1 Å². The van der Waals surface area contributed by atoms with Crippen molar-refractivity contribution in [2.45, 2.75) is 13.0 Å². The molecule has 0 aliphatic carbocycles. The van der Waals surface area contributed by atoms with Gasteiger partial charge in [0.05, 0.1) is 31.1 Å². The quantitative estimate of drug-likeness (QED) is 0.327. The standard InChI is InChI=1S/C22H28N4O6.ClH/c1-24(2)12-11-23-21(27)13-16-5-8-18(9-6-16)25(3)22(28)32-15-17-7-10-19(26(29)30)14-20(17)31-4;/h5-10,14H,11-13,15H2,1-4H3,(H,23,27);1H. The third kappa shape index (κ3) is 8.68. The second-order valence-corrected chi connectivity index (χ2v) is 7.47. The highest BCUT2D eigenvalue weighted by Crippen LogP contribution is 2.25. The number of halogens is 1. The van der Waals surface area contributed by atoms with E-state index in [1.165, 1.54) is 30.2 Å². The zero-order valence-corrected chi connectivity index (χ0v) is 19.9. The van der Waals surface area contributed by atoms with Crippen molar-refractivity contribution in [1.82, 2.24) is 4.90 Å². The number of likely N-dealkylation sites (N-methyl/N-ethyl adjacent to an activating group) is 1. The molecule has 2 rings (SSSR count). The molecule has 0 fully saturated rings. The normalized spacial score (nSPS) is 10.3. The minimum Gasteiger partial charge on any atom is -1.00 e. The highest BCUT2D eigenvalue weighted by Gasteiger charge is 2.16. The lowest BCUT2D eigenvalue weighted by atomic mass is 10.1. The fraction of sp³-hybridized carbons (Fsp3) is 0.364. The summed E-state index contributed by atoms with van der Waals surface area (Å²) < 4.78 is 10.5. The molecule has 0 saturated carbocycles. The van der Waals surface area contributed by atoms with Crippen LogP contribution in [-0.4, -0.2) is 63.2 Å². The van der Waals surface area contributed by atoms with Gasteiger partial charge in [-0.1, -0.05) is 12.1 Å². The number of non-ortho nitro benzene ring substituents is 1. The van der Waals surface area contributed by atoms with E-state index in [1.54, 1.807) is 36.6 Å². The van der Waals surface area contributed by atoms with Crippen LogP contribution in [0.25, 0.3) is 0 Å². The molecular formula is C22H29ClN4O6. The Labute approximate surface area is 199 Å².